The summed E-state index contributed by atoms with van der Waals surface area (Å²) < 4.78 is 24.8. The number of ketones is 1. The van der Waals surface area contributed by atoms with Crippen molar-refractivity contribution in [2.24, 2.45) is 10.9 Å². The van der Waals surface area contributed by atoms with E-state index in [1.165, 1.54) is 18.8 Å². The molecular weight excluding hydrogens is 540 g/mol. The van der Waals surface area contributed by atoms with E-state index >= 15 is 0 Å². The number of carbonyl (C=O) groups is 1. The van der Waals surface area contributed by atoms with Gasteiger partial charge in [0, 0.05) is 30.4 Å². The summed E-state index contributed by atoms with van der Waals surface area (Å²) in [5.41, 5.74) is 2.27. The van der Waals surface area contributed by atoms with Crippen LogP contribution in [0.2, 0.25) is 0 Å². The van der Waals surface area contributed by atoms with Crippen molar-refractivity contribution in [1.82, 2.24) is 19.4 Å². The lowest BCUT2D eigenvalue weighted by molar-refractivity contribution is 0.101. The van der Waals surface area contributed by atoms with Crippen LogP contribution in [0.25, 0.3) is 11.0 Å². The Balaban J connectivity index is 1.55. The van der Waals surface area contributed by atoms with Gasteiger partial charge in [-0.3, -0.25) is 14.2 Å². The quantitative estimate of drug-likeness (QED) is 0.247. The number of pyridine rings is 1. The number of aromatic nitrogens is 3. The van der Waals surface area contributed by atoms with Crippen LogP contribution in [0.15, 0.2) is 39.5 Å². The zero-order valence-electron chi connectivity index (χ0n) is 24.6. The third-order valence-electron chi connectivity index (χ3n) is 8.41. The van der Waals surface area contributed by atoms with Crippen molar-refractivity contribution in [2.45, 2.75) is 71.8 Å². The predicted molar refractivity (Wildman–Crippen MR) is 165 cm³/mol. The monoisotopic (exact) mass is 582 g/mol. The first-order chi connectivity index (χ1) is 19.5. The van der Waals surface area contributed by atoms with Crippen LogP contribution >= 0.6 is 0 Å². The summed E-state index contributed by atoms with van der Waals surface area (Å²) in [7, 11) is -2.97. The number of nitrogens with zero attached hydrogens (tertiary/aromatic N) is 5. The Morgan fingerprint density at radius 3 is 2.54 bits per heavy atom. The van der Waals surface area contributed by atoms with E-state index < -0.39 is 9.84 Å². The highest BCUT2D eigenvalue weighted by Crippen LogP contribution is 2.32. The normalized spacial score (nSPS) is 19.9. The second kappa shape index (κ2) is 13.2. The molecule has 1 N–H and O–H groups in total. The third-order valence-corrected chi connectivity index (χ3v) is 9.33. The number of likely N-dealkylation sites (tertiary alicyclic amines) is 1. The molecule has 0 amide bonds. The van der Waals surface area contributed by atoms with E-state index in [1.54, 1.807) is 17.7 Å². The minimum atomic E-state index is -2.97. The van der Waals surface area contributed by atoms with Gasteiger partial charge in [-0.1, -0.05) is 24.5 Å². The number of hydrogen-bond acceptors (Lipinski definition) is 9. The number of fused-ring (bicyclic) bond motifs is 1. The van der Waals surface area contributed by atoms with Crippen LogP contribution in [0.1, 0.15) is 80.8 Å². The molecular formula is C30H42N6O4S. The van der Waals surface area contributed by atoms with Crippen LogP contribution in [0.5, 0.6) is 0 Å². The molecule has 41 heavy (non-hydrogen) atoms. The Kier molecular flexibility index (Phi) is 9.91. The van der Waals surface area contributed by atoms with E-state index in [0.29, 0.717) is 40.8 Å². The minimum Gasteiger partial charge on any atom is -0.309 e. The van der Waals surface area contributed by atoms with Crippen LogP contribution < -0.4 is 10.9 Å². The molecule has 2 aliphatic rings. The van der Waals surface area contributed by atoms with Crippen molar-refractivity contribution >= 4 is 39.3 Å². The van der Waals surface area contributed by atoms with Gasteiger partial charge in [-0.2, -0.15) is 4.98 Å². The minimum absolute atomic E-state index is 0.00597. The molecule has 1 saturated carbocycles. The van der Waals surface area contributed by atoms with Gasteiger partial charge in [0.25, 0.3) is 5.56 Å². The van der Waals surface area contributed by atoms with E-state index in [0.717, 1.165) is 58.0 Å². The molecule has 4 rings (SSSR count). The van der Waals surface area contributed by atoms with E-state index in [2.05, 4.69) is 33.8 Å². The average molecular weight is 583 g/mol. The molecule has 2 fully saturated rings. The topological polar surface area (TPSA) is 127 Å². The Bertz CT molecular complexity index is 1540. The fraction of sp³-hybridized carbons (Fsp3) is 0.567. The molecule has 1 aliphatic carbocycles. The highest BCUT2D eigenvalue weighted by Gasteiger charge is 2.26. The number of hydrogen-bond donors (Lipinski definition) is 1. The summed E-state index contributed by atoms with van der Waals surface area (Å²) in [6, 6.07) is 0.00597. The van der Waals surface area contributed by atoms with Crippen LogP contribution in [0, 0.1) is 12.8 Å². The maximum Gasteiger partial charge on any atom is 0.263 e. The van der Waals surface area contributed by atoms with Crippen molar-refractivity contribution in [3.8, 4) is 0 Å². The predicted octanol–water partition coefficient (Wildman–Crippen LogP) is 4.46. The summed E-state index contributed by atoms with van der Waals surface area (Å²) in [4.78, 5) is 41.4. The summed E-state index contributed by atoms with van der Waals surface area (Å²) in [5.74, 6) is 1.14. The number of carbonyl (C=O) groups excluding carboxylic acids is 1. The Hall–Kier alpha value is -3.18. The molecule has 1 atom stereocenters. The van der Waals surface area contributed by atoms with Crippen LogP contribution in [-0.4, -0.2) is 72.0 Å². The van der Waals surface area contributed by atoms with E-state index in [4.69, 9.17) is 4.98 Å². The molecule has 0 bridgehead atoms. The van der Waals surface area contributed by atoms with Crippen molar-refractivity contribution in [3.63, 3.8) is 0 Å². The number of allylic oxidation sites excluding steroid dienone is 3. The molecule has 222 valence electrons. The van der Waals surface area contributed by atoms with Gasteiger partial charge in [0.05, 0.1) is 11.3 Å². The van der Waals surface area contributed by atoms with Crippen molar-refractivity contribution < 1.29 is 13.2 Å². The lowest BCUT2D eigenvalue weighted by atomic mass is 9.92. The summed E-state index contributed by atoms with van der Waals surface area (Å²) in [6.07, 6.45) is 13.7. The first-order valence-electron chi connectivity index (χ1n) is 14.4. The lowest BCUT2D eigenvalue weighted by Crippen LogP contribution is -2.30. The van der Waals surface area contributed by atoms with E-state index in [-0.39, 0.29) is 28.7 Å². The Morgan fingerprint density at radius 1 is 1.15 bits per heavy atom. The molecule has 0 spiro atoms. The lowest BCUT2D eigenvalue weighted by Gasteiger charge is -2.20. The molecule has 1 saturated heterocycles. The van der Waals surface area contributed by atoms with Crippen LogP contribution in [0.4, 0.5) is 5.95 Å². The molecule has 1 unspecified atom stereocenters. The fourth-order valence-corrected chi connectivity index (χ4v) is 6.62. The number of sulfone groups is 1. The molecule has 3 heterocycles. The maximum atomic E-state index is 13.5. The second-order valence-electron chi connectivity index (χ2n) is 11.4. The number of Topliss-reactive ketones (excluding diaryl/α,β-unsaturated/α-hetero) is 1. The van der Waals surface area contributed by atoms with Crippen LogP contribution in [-0.2, 0) is 9.84 Å². The van der Waals surface area contributed by atoms with Crippen molar-refractivity contribution in [1.29, 1.82) is 0 Å². The van der Waals surface area contributed by atoms with Gasteiger partial charge in [-0.25, -0.2) is 18.4 Å². The molecule has 2 aromatic heterocycles. The number of nitrogens with one attached hydrogen (secondary N) is 1. The number of aryl methyl sites for hydroxylation is 1. The zero-order valence-corrected chi connectivity index (χ0v) is 25.5. The average Bonchev–Trinajstić information content (AvgIpc) is 3.33. The van der Waals surface area contributed by atoms with Gasteiger partial charge in [-0.15, -0.1) is 0 Å². The van der Waals surface area contributed by atoms with Gasteiger partial charge in [-0.05, 0) is 90.2 Å². The maximum absolute atomic E-state index is 13.5. The largest absolute Gasteiger partial charge is 0.309 e. The Morgan fingerprint density at radius 2 is 1.88 bits per heavy atom. The summed E-state index contributed by atoms with van der Waals surface area (Å²) in [5, 5.41) is 3.83. The van der Waals surface area contributed by atoms with Crippen LogP contribution in [0.3, 0.4) is 0 Å². The Labute approximate surface area is 242 Å². The summed E-state index contributed by atoms with van der Waals surface area (Å²) >= 11 is 0. The molecule has 10 nitrogen and oxygen atoms in total. The van der Waals surface area contributed by atoms with Gasteiger partial charge in [0.2, 0.25) is 5.95 Å². The van der Waals surface area contributed by atoms with E-state index in [1.807, 2.05) is 12.2 Å². The smallest absolute Gasteiger partial charge is 0.263 e. The standard InChI is InChI=1S/C30H42N6O4S/c1-20(23-9-8-15-35(16-14-23)17-18-41(5,39)40)12-13-26(31-4)33-30-32-19-25-21(2)27(22(3)37)29(38)36(28(25)34-30)24-10-6-7-11-24/h12-13,19,23-24H,4,6-11,14-18H2,1-3,5H3,(H,32,33,34)/b20-12+,26-13+. The second-order valence-corrected chi connectivity index (χ2v) is 13.7. The van der Waals surface area contributed by atoms with Gasteiger partial charge in [0.15, 0.2) is 5.78 Å². The highest BCUT2D eigenvalue weighted by molar-refractivity contribution is 7.90. The molecule has 2 aromatic rings. The molecule has 0 radical (unpaired) electrons. The van der Waals surface area contributed by atoms with Crippen molar-refractivity contribution in [2.75, 3.05) is 37.0 Å². The SMILES string of the molecule is C=N/C(=C\C=C(/C)C1CCCN(CCS(C)(=O)=O)CC1)Nc1ncc2c(C)c(C(C)=O)c(=O)n(C3CCCC3)c2n1. The van der Waals surface area contributed by atoms with Crippen molar-refractivity contribution in [3.05, 3.63) is 51.2 Å². The first-order valence-corrected chi connectivity index (χ1v) is 16.5. The first kappa shape index (κ1) is 30.8. The fourth-order valence-electron chi connectivity index (χ4n) is 6.03. The van der Waals surface area contributed by atoms with Gasteiger partial charge in [0.1, 0.15) is 21.3 Å². The number of rotatable bonds is 10. The van der Waals surface area contributed by atoms with E-state index in [9.17, 15) is 18.0 Å². The van der Waals surface area contributed by atoms with Gasteiger partial charge >= 0.3 is 0 Å². The van der Waals surface area contributed by atoms with Gasteiger partial charge < -0.3 is 10.2 Å². The molecule has 0 aromatic carbocycles. The zero-order chi connectivity index (χ0) is 29.7. The number of aliphatic imine (C=N–C) groups is 1. The third kappa shape index (κ3) is 7.56. The number of anilines is 1. The molecule has 11 heteroatoms. The molecule has 1 aliphatic heterocycles. The summed E-state index contributed by atoms with van der Waals surface area (Å²) in [6.45, 7) is 11.4. The highest BCUT2D eigenvalue weighted by atomic mass is 32.2.